The molecule has 0 saturated heterocycles. The summed E-state index contributed by atoms with van der Waals surface area (Å²) in [5.41, 5.74) is 1.17. The number of carbonyl (C=O) groups is 1. The molecule has 0 radical (unpaired) electrons. The van der Waals surface area contributed by atoms with Gasteiger partial charge in [-0.2, -0.15) is 0 Å². The van der Waals surface area contributed by atoms with Crippen molar-refractivity contribution in [2.24, 2.45) is 0 Å². The van der Waals surface area contributed by atoms with Crippen molar-refractivity contribution in [3.63, 3.8) is 0 Å². The minimum Gasteiger partial charge on any atom is -0.459 e. The van der Waals surface area contributed by atoms with Gasteiger partial charge in [-0.25, -0.2) is 8.42 Å². The average Bonchev–Trinajstić information content (AvgIpc) is 2.98. The summed E-state index contributed by atoms with van der Waals surface area (Å²) in [5, 5.41) is 0. The second-order valence-corrected chi connectivity index (χ2v) is 6.60. The summed E-state index contributed by atoms with van der Waals surface area (Å²) >= 11 is 0. The number of rotatable bonds is 4. The molecule has 0 saturated carbocycles. The van der Waals surface area contributed by atoms with E-state index >= 15 is 0 Å². The second kappa shape index (κ2) is 5.61. The normalized spacial score (nSPS) is 11.2. The van der Waals surface area contributed by atoms with Crippen LogP contribution in [0.1, 0.15) is 10.6 Å². The van der Waals surface area contributed by atoms with Crippen LogP contribution >= 0.6 is 0 Å². The highest BCUT2D eigenvalue weighted by Gasteiger charge is 2.17. The number of hydrogen-bond acceptors (Lipinski definition) is 4. The molecule has 1 amide bonds. The summed E-state index contributed by atoms with van der Waals surface area (Å²) in [7, 11) is -0.204. The molecule has 0 N–H and O–H groups in total. The molecule has 0 unspecified atom stereocenters. The molecule has 2 rings (SSSR count). The minimum absolute atomic E-state index is 0.245. The minimum atomic E-state index is -3.30. The fourth-order valence-electron chi connectivity index (χ4n) is 1.76. The van der Waals surface area contributed by atoms with Crippen molar-refractivity contribution in [1.82, 2.24) is 0 Å². The van der Waals surface area contributed by atoms with Gasteiger partial charge in [-0.15, -0.1) is 0 Å². The molecule has 112 valence electrons. The van der Waals surface area contributed by atoms with Gasteiger partial charge >= 0.3 is 0 Å². The number of nitrogens with zero attached hydrogens (tertiary/aromatic N) is 2. The largest absolute Gasteiger partial charge is 0.459 e. The van der Waals surface area contributed by atoms with Crippen molar-refractivity contribution < 1.29 is 17.6 Å². The summed E-state index contributed by atoms with van der Waals surface area (Å²) in [6.07, 6.45) is 2.57. The van der Waals surface area contributed by atoms with Gasteiger partial charge < -0.3 is 9.32 Å². The molecule has 6 nitrogen and oxygen atoms in total. The Morgan fingerprint density at radius 3 is 2.10 bits per heavy atom. The Bertz CT molecular complexity index is 721. The van der Waals surface area contributed by atoms with Gasteiger partial charge in [0.25, 0.3) is 5.91 Å². The Hall–Kier alpha value is -2.28. The molecule has 7 heteroatoms. The van der Waals surface area contributed by atoms with Crippen LogP contribution in [0.4, 0.5) is 11.4 Å². The summed E-state index contributed by atoms with van der Waals surface area (Å²) in [6, 6.07) is 9.87. The summed E-state index contributed by atoms with van der Waals surface area (Å²) in [6.45, 7) is 0. The van der Waals surface area contributed by atoms with Crippen molar-refractivity contribution in [2.45, 2.75) is 0 Å². The molecule has 0 spiro atoms. The standard InChI is InChI=1S/C14H16N2O4S/c1-15(14(17)13-5-4-10-20-13)11-6-8-12(9-7-11)16(2)21(3,18)19/h4-10H,1-3H3. The highest BCUT2D eigenvalue weighted by atomic mass is 32.2. The predicted molar refractivity (Wildman–Crippen MR) is 81.1 cm³/mol. The van der Waals surface area contributed by atoms with E-state index in [1.165, 1.54) is 22.5 Å². The van der Waals surface area contributed by atoms with Crippen molar-refractivity contribution in [3.8, 4) is 0 Å². The molecular formula is C14H16N2O4S. The summed E-state index contributed by atoms with van der Waals surface area (Å²) < 4.78 is 29.2. The van der Waals surface area contributed by atoms with Crippen molar-refractivity contribution in [2.75, 3.05) is 29.6 Å². The van der Waals surface area contributed by atoms with E-state index in [1.807, 2.05) is 0 Å². The second-order valence-electron chi connectivity index (χ2n) is 4.59. The van der Waals surface area contributed by atoms with Crippen LogP contribution in [-0.4, -0.2) is 34.7 Å². The average molecular weight is 308 g/mol. The lowest BCUT2D eigenvalue weighted by Gasteiger charge is -2.19. The first-order valence-corrected chi connectivity index (χ1v) is 8.01. The van der Waals surface area contributed by atoms with Crippen LogP contribution in [0.25, 0.3) is 0 Å². The predicted octanol–water partition coefficient (Wildman–Crippen LogP) is 1.95. The van der Waals surface area contributed by atoms with Gasteiger partial charge in [0, 0.05) is 19.8 Å². The maximum Gasteiger partial charge on any atom is 0.293 e. The first-order chi connectivity index (χ1) is 9.80. The number of anilines is 2. The molecular weight excluding hydrogens is 292 g/mol. The van der Waals surface area contributed by atoms with Gasteiger partial charge in [-0.3, -0.25) is 9.10 Å². The smallest absolute Gasteiger partial charge is 0.293 e. The number of furan rings is 1. The van der Waals surface area contributed by atoms with Crippen LogP contribution in [0.5, 0.6) is 0 Å². The number of benzene rings is 1. The molecule has 0 aliphatic carbocycles. The first-order valence-electron chi connectivity index (χ1n) is 6.16. The lowest BCUT2D eigenvalue weighted by molar-refractivity contribution is 0.0966. The van der Waals surface area contributed by atoms with E-state index in [1.54, 1.807) is 43.4 Å². The SMILES string of the molecule is CN(C(=O)c1ccco1)c1ccc(N(C)S(C)(=O)=O)cc1. The van der Waals surface area contributed by atoms with Gasteiger partial charge in [0.15, 0.2) is 5.76 Å². The van der Waals surface area contributed by atoms with Crippen LogP contribution in [0, 0.1) is 0 Å². The number of hydrogen-bond donors (Lipinski definition) is 0. The van der Waals surface area contributed by atoms with Crippen LogP contribution < -0.4 is 9.21 Å². The molecule has 0 bridgehead atoms. The lowest BCUT2D eigenvalue weighted by atomic mass is 10.2. The van der Waals surface area contributed by atoms with Gasteiger partial charge in [0.05, 0.1) is 18.2 Å². The van der Waals surface area contributed by atoms with Crippen molar-refractivity contribution in [1.29, 1.82) is 0 Å². The number of sulfonamides is 1. The van der Waals surface area contributed by atoms with Gasteiger partial charge in [0.1, 0.15) is 0 Å². The lowest BCUT2D eigenvalue weighted by Crippen LogP contribution is -2.26. The third-order valence-electron chi connectivity index (χ3n) is 3.13. The fourth-order valence-corrected chi connectivity index (χ4v) is 2.27. The summed E-state index contributed by atoms with van der Waals surface area (Å²) in [4.78, 5) is 13.5. The van der Waals surface area contributed by atoms with Gasteiger partial charge in [0.2, 0.25) is 10.0 Å². The van der Waals surface area contributed by atoms with Crippen molar-refractivity contribution in [3.05, 3.63) is 48.4 Å². The Morgan fingerprint density at radius 2 is 1.62 bits per heavy atom. The molecule has 1 heterocycles. The number of amides is 1. The zero-order valence-electron chi connectivity index (χ0n) is 12.0. The Labute approximate surface area is 123 Å². The molecule has 0 atom stereocenters. The Kier molecular flexibility index (Phi) is 4.04. The Balaban J connectivity index is 2.21. The van der Waals surface area contributed by atoms with Gasteiger partial charge in [-0.05, 0) is 36.4 Å². The van der Waals surface area contributed by atoms with Crippen LogP contribution in [0.3, 0.4) is 0 Å². The quantitative estimate of drug-likeness (QED) is 0.865. The van der Waals surface area contributed by atoms with E-state index < -0.39 is 10.0 Å². The molecule has 21 heavy (non-hydrogen) atoms. The number of carbonyl (C=O) groups excluding carboxylic acids is 1. The van der Waals surface area contributed by atoms with E-state index in [0.717, 1.165) is 6.26 Å². The van der Waals surface area contributed by atoms with E-state index in [4.69, 9.17) is 4.42 Å². The first kappa shape index (κ1) is 15.1. The van der Waals surface area contributed by atoms with Gasteiger partial charge in [-0.1, -0.05) is 0 Å². The molecule has 0 fully saturated rings. The van der Waals surface area contributed by atoms with E-state index in [2.05, 4.69) is 0 Å². The van der Waals surface area contributed by atoms with Crippen LogP contribution in [0.15, 0.2) is 47.1 Å². The van der Waals surface area contributed by atoms with E-state index in [0.29, 0.717) is 11.4 Å². The van der Waals surface area contributed by atoms with E-state index in [-0.39, 0.29) is 11.7 Å². The van der Waals surface area contributed by atoms with Crippen LogP contribution in [-0.2, 0) is 10.0 Å². The maximum atomic E-state index is 12.1. The Morgan fingerprint density at radius 1 is 1.05 bits per heavy atom. The summed E-state index contributed by atoms with van der Waals surface area (Å²) in [5.74, 6) is -0.0287. The van der Waals surface area contributed by atoms with Crippen LogP contribution in [0.2, 0.25) is 0 Å². The molecule has 1 aromatic carbocycles. The molecule has 0 aliphatic heterocycles. The highest BCUT2D eigenvalue weighted by molar-refractivity contribution is 7.92. The van der Waals surface area contributed by atoms with Crippen molar-refractivity contribution >= 4 is 27.3 Å². The third kappa shape index (κ3) is 3.25. The fraction of sp³-hybridized carbons (Fsp3) is 0.214. The molecule has 2 aromatic rings. The topological polar surface area (TPSA) is 70.8 Å². The third-order valence-corrected chi connectivity index (χ3v) is 4.34. The monoisotopic (exact) mass is 308 g/mol. The zero-order valence-corrected chi connectivity index (χ0v) is 12.8. The van der Waals surface area contributed by atoms with E-state index in [9.17, 15) is 13.2 Å². The molecule has 1 aromatic heterocycles. The highest BCUT2D eigenvalue weighted by Crippen LogP contribution is 2.22. The zero-order chi connectivity index (χ0) is 15.6. The maximum absolute atomic E-state index is 12.1. The molecule has 0 aliphatic rings.